The van der Waals surface area contributed by atoms with Gasteiger partial charge in [-0.3, -0.25) is 0 Å². The molecule has 0 amide bonds. The van der Waals surface area contributed by atoms with Crippen LogP contribution in [0.4, 0.5) is 0 Å². The summed E-state index contributed by atoms with van der Waals surface area (Å²) in [6.45, 7) is 17.8. The molecule has 0 nitrogen and oxygen atoms in total. The maximum Gasteiger partial charge on any atom is -0.0354 e. The van der Waals surface area contributed by atoms with Crippen molar-refractivity contribution in [1.82, 2.24) is 0 Å². The van der Waals surface area contributed by atoms with Gasteiger partial charge in [-0.1, -0.05) is 70.2 Å². The molecule has 0 aliphatic carbocycles. The second kappa shape index (κ2) is 29.2. The Morgan fingerprint density at radius 2 is 1.00 bits per heavy atom. The Labute approximate surface area is 104 Å². The minimum atomic E-state index is 0. The van der Waals surface area contributed by atoms with Crippen LogP contribution in [0, 0.1) is 0 Å². The quantitative estimate of drug-likeness (QED) is 0.502. The SMILES string of the molecule is C.C=C.C=C(C)CC.CC.c1ccccc1. The second-order valence-electron chi connectivity index (χ2n) is 2.47. The van der Waals surface area contributed by atoms with Crippen LogP contribution in [-0.2, 0) is 0 Å². The average molecular weight is 222 g/mol. The number of benzene rings is 1. The molecule has 0 aliphatic rings. The summed E-state index contributed by atoms with van der Waals surface area (Å²) in [4.78, 5) is 0. The fourth-order valence-corrected chi connectivity index (χ4v) is 0.385. The fraction of sp³-hybridized carbons (Fsp3) is 0.375. The van der Waals surface area contributed by atoms with Gasteiger partial charge in [-0.15, -0.1) is 19.7 Å². The van der Waals surface area contributed by atoms with Gasteiger partial charge in [-0.05, 0) is 13.3 Å². The zero-order valence-corrected chi connectivity index (χ0v) is 10.8. The first-order valence-electron chi connectivity index (χ1n) is 5.41. The van der Waals surface area contributed by atoms with Gasteiger partial charge < -0.3 is 0 Å². The van der Waals surface area contributed by atoms with E-state index in [1.54, 1.807) is 0 Å². The first-order chi connectivity index (χ1) is 7.27. The molecule has 0 saturated carbocycles. The number of allylic oxidation sites excluding steroid dienone is 1. The van der Waals surface area contributed by atoms with Gasteiger partial charge in [0.1, 0.15) is 0 Å². The van der Waals surface area contributed by atoms with Crippen molar-refractivity contribution in [3.05, 3.63) is 61.7 Å². The van der Waals surface area contributed by atoms with Crippen LogP contribution in [0.3, 0.4) is 0 Å². The van der Waals surface area contributed by atoms with Crippen molar-refractivity contribution < 1.29 is 0 Å². The van der Waals surface area contributed by atoms with Crippen molar-refractivity contribution in [2.45, 2.75) is 41.5 Å². The molecule has 0 N–H and O–H groups in total. The van der Waals surface area contributed by atoms with Crippen LogP contribution in [0.15, 0.2) is 61.7 Å². The normalized spacial score (nSPS) is 6.00. The van der Waals surface area contributed by atoms with Crippen molar-refractivity contribution in [3.63, 3.8) is 0 Å². The van der Waals surface area contributed by atoms with E-state index in [2.05, 4.69) is 26.7 Å². The van der Waals surface area contributed by atoms with Gasteiger partial charge in [-0.25, -0.2) is 0 Å². The van der Waals surface area contributed by atoms with Crippen LogP contribution in [-0.4, -0.2) is 0 Å². The minimum absolute atomic E-state index is 0. The lowest BCUT2D eigenvalue weighted by atomic mass is 10.3. The molecule has 0 radical (unpaired) electrons. The molecule has 0 aliphatic heterocycles. The summed E-state index contributed by atoms with van der Waals surface area (Å²) in [5, 5.41) is 0. The number of hydrogen-bond acceptors (Lipinski definition) is 0. The summed E-state index contributed by atoms with van der Waals surface area (Å²) in [6.07, 6.45) is 1.11. The molecule has 0 spiro atoms. The standard InChI is InChI=1S/C6H6.C5H10.C2H6.C2H4.CH4/c1-2-4-6-5-3-1;1-4-5(2)3;2*1-2;/h1-6H;2,4H2,1,3H3;1-2H3;1-2H2;1H4. The molecular weight excluding hydrogens is 192 g/mol. The first kappa shape index (κ1) is 24.1. The van der Waals surface area contributed by atoms with E-state index in [0.717, 1.165) is 6.42 Å². The summed E-state index contributed by atoms with van der Waals surface area (Å²) in [5.41, 5.74) is 1.25. The number of rotatable bonds is 1. The van der Waals surface area contributed by atoms with Crippen LogP contribution in [0.5, 0.6) is 0 Å². The molecule has 0 heterocycles. The Morgan fingerprint density at radius 3 is 1.06 bits per heavy atom. The van der Waals surface area contributed by atoms with Crippen molar-refractivity contribution >= 4 is 0 Å². The fourth-order valence-electron chi connectivity index (χ4n) is 0.385. The van der Waals surface area contributed by atoms with E-state index >= 15 is 0 Å². The highest BCUT2D eigenvalue weighted by atomic mass is 13.7. The van der Waals surface area contributed by atoms with Gasteiger partial charge in [0.25, 0.3) is 0 Å². The van der Waals surface area contributed by atoms with E-state index in [1.807, 2.05) is 57.2 Å². The zero-order valence-electron chi connectivity index (χ0n) is 10.8. The second-order valence-corrected chi connectivity index (χ2v) is 2.47. The van der Waals surface area contributed by atoms with Gasteiger partial charge in [0.05, 0.1) is 0 Å². The average Bonchev–Trinajstić information content (AvgIpc) is 2.37. The Bertz CT molecular complexity index is 160. The molecule has 0 atom stereocenters. The third-order valence-corrected chi connectivity index (χ3v) is 1.27. The molecule has 0 heteroatoms. The maximum absolute atomic E-state index is 3.67. The largest absolute Gasteiger partial charge is 0.106 e. The minimum Gasteiger partial charge on any atom is -0.106 e. The van der Waals surface area contributed by atoms with Crippen LogP contribution < -0.4 is 0 Å². The van der Waals surface area contributed by atoms with E-state index in [4.69, 9.17) is 0 Å². The molecule has 1 rings (SSSR count). The van der Waals surface area contributed by atoms with E-state index in [1.165, 1.54) is 5.57 Å². The summed E-state index contributed by atoms with van der Waals surface area (Å²) in [7, 11) is 0. The Balaban J connectivity index is -0.0000000664. The Hall–Kier alpha value is -1.30. The molecule has 0 unspecified atom stereocenters. The highest BCUT2D eigenvalue weighted by molar-refractivity contribution is 4.99. The van der Waals surface area contributed by atoms with Crippen LogP contribution in [0.25, 0.3) is 0 Å². The lowest BCUT2D eigenvalue weighted by molar-refractivity contribution is 1.11. The first-order valence-corrected chi connectivity index (χ1v) is 5.41. The van der Waals surface area contributed by atoms with E-state index < -0.39 is 0 Å². The number of hydrogen-bond donors (Lipinski definition) is 0. The summed E-state index contributed by atoms with van der Waals surface area (Å²) < 4.78 is 0. The van der Waals surface area contributed by atoms with Crippen molar-refractivity contribution in [2.24, 2.45) is 0 Å². The topological polar surface area (TPSA) is 0 Å². The smallest absolute Gasteiger partial charge is 0.0354 e. The van der Waals surface area contributed by atoms with E-state index in [9.17, 15) is 0 Å². The van der Waals surface area contributed by atoms with Crippen molar-refractivity contribution in [3.8, 4) is 0 Å². The molecule has 16 heavy (non-hydrogen) atoms. The van der Waals surface area contributed by atoms with E-state index in [-0.39, 0.29) is 7.43 Å². The van der Waals surface area contributed by atoms with Gasteiger partial charge in [0.2, 0.25) is 0 Å². The lowest BCUT2D eigenvalue weighted by Crippen LogP contribution is -1.58. The molecule has 0 bridgehead atoms. The molecule has 1 aromatic rings. The third kappa shape index (κ3) is 38.7. The van der Waals surface area contributed by atoms with Crippen molar-refractivity contribution in [2.75, 3.05) is 0 Å². The molecule has 94 valence electrons. The summed E-state index contributed by atoms with van der Waals surface area (Å²) >= 11 is 0. The predicted octanol–water partition coefficient (Wildman–Crippen LogP) is 6.12. The maximum atomic E-state index is 3.67. The zero-order chi connectivity index (χ0) is 12.5. The van der Waals surface area contributed by atoms with Crippen LogP contribution in [0.1, 0.15) is 41.5 Å². The molecular formula is C16H30. The highest BCUT2D eigenvalue weighted by Crippen LogP contribution is 1.88. The van der Waals surface area contributed by atoms with Gasteiger partial charge in [-0.2, -0.15) is 0 Å². The molecule has 0 fully saturated rings. The Kier molecular flexibility index (Phi) is 44.0. The predicted molar refractivity (Wildman–Crippen MR) is 80.9 cm³/mol. The molecule has 0 saturated heterocycles. The van der Waals surface area contributed by atoms with Gasteiger partial charge >= 0.3 is 0 Å². The van der Waals surface area contributed by atoms with Crippen molar-refractivity contribution in [1.29, 1.82) is 0 Å². The van der Waals surface area contributed by atoms with Crippen LogP contribution >= 0.6 is 0 Å². The van der Waals surface area contributed by atoms with Gasteiger partial charge in [0, 0.05) is 0 Å². The van der Waals surface area contributed by atoms with E-state index in [0.29, 0.717) is 0 Å². The lowest BCUT2D eigenvalue weighted by Gasteiger charge is -1.79. The summed E-state index contributed by atoms with van der Waals surface area (Å²) in [6, 6.07) is 12.0. The Morgan fingerprint density at radius 1 is 0.875 bits per heavy atom. The highest BCUT2D eigenvalue weighted by Gasteiger charge is 1.67. The molecule has 0 aromatic heterocycles. The monoisotopic (exact) mass is 222 g/mol. The van der Waals surface area contributed by atoms with Crippen LogP contribution in [0.2, 0.25) is 0 Å². The van der Waals surface area contributed by atoms with Gasteiger partial charge in [0.15, 0.2) is 0 Å². The third-order valence-electron chi connectivity index (χ3n) is 1.27. The summed E-state index contributed by atoms with van der Waals surface area (Å²) in [5.74, 6) is 0. The molecule has 1 aromatic carbocycles.